The van der Waals surface area contributed by atoms with E-state index >= 15 is 0 Å². The van der Waals surface area contributed by atoms with E-state index in [1.54, 1.807) is 44.2 Å². The number of carboxylic acids is 1. The molecule has 184 valence electrons. The molecule has 10 heteroatoms. The van der Waals surface area contributed by atoms with Crippen molar-refractivity contribution in [2.75, 3.05) is 0 Å². The Morgan fingerprint density at radius 1 is 0.882 bits per heavy atom. The maximum absolute atomic E-state index is 13.9. The lowest BCUT2D eigenvalue weighted by Crippen LogP contribution is -2.43. The molecule has 0 aliphatic carbocycles. The van der Waals surface area contributed by atoms with Gasteiger partial charge in [-0.1, -0.05) is 44.2 Å². The van der Waals surface area contributed by atoms with Gasteiger partial charge >= 0.3 is 5.97 Å². The number of rotatable bonds is 11. The van der Waals surface area contributed by atoms with Gasteiger partial charge in [0.15, 0.2) is 29.1 Å². The second-order valence-electron chi connectivity index (χ2n) is 8.37. The van der Waals surface area contributed by atoms with Crippen molar-refractivity contribution in [3.63, 3.8) is 0 Å². The molecule has 0 saturated carbocycles. The molecule has 0 saturated heterocycles. The van der Waals surface area contributed by atoms with E-state index in [9.17, 15) is 41.4 Å². The Labute approximate surface area is 193 Å². The molecule has 2 N–H and O–H groups in total. The summed E-state index contributed by atoms with van der Waals surface area (Å²) in [6.07, 6.45) is -1.47. The second-order valence-corrected chi connectivity index (χ2v) is 8.37. The number of halogens is 5. The number of ketones is 1. The normalized spacial score (nSPS) is 12.9. The molecule has 5 nitrogen and oxygen atoms in total. The van der Waals surface area contributed by atoms with Gasteiger partial charge in [-0.25, -0.2) is 22.0 Å². The predicted molar refractivity (Wildman–Crippen MR) is 112 cm³/mol. The van der Waals surface area contributed by atoms with Crippen LogP contribution in [0.4, 0.5) is 22.0 Å². The Balaban J connectivity index is 2.18. The van der Waals surface area contributed by atoms with E-state index in [-0.39, 0.29) is 18.8 Å². The SMILES string of the molecule is CC(C)C[C@H](NC(=O)Cc1c(F)c(F)c(F)c(F)c1F)C(=O)C[C@@H](Cc1ccccc1)C(=O)O. The first-order valence-electron chi connectivity index (χ1n) is 10.5. The fourth-order valence-electron chi connectivity index (χ4n) is 3.48. The molecule has 0 aliphatic heterocycles. The number of benzene rings is 2. The molecule has 0 aromatic heterocycles. The minimum absolute atomic E-state index is 0.0643. The van der Waals surface area contributed by atoms with E-state index in [1.807, 2.05) is 0 Å². The number of Topliss-reactive ketones (excluding diaryl/α,β-unsaturated/α-hetero) is 1. The van der Waals surface area contributed by atoms with Crippen LogP contribution in [0.2, 0.25) is 0 Å². The third-order valence-electron chi connectivity index (χ3n) is 5.19. The lowest BCUT2D eigenvalue weighted by atomic mass is 9.89. The maximum atomic E-state index is 13.9. The van der Waals surface area contributed by atoms with E-state index in [1.165, 1.54) is 0 Å². The number of amides is 1. The number of aliphatic carboxylic acids is 1. The van der Waals surface area contributed by atoms with Crippen LogP contribution in [0.5, 0.6) is 0 Å². The molecule has 0 unspecified atom stereocenters. The lowest BCUT2D eigenvalue weighted by molar-refractivity contribution is -0.144. The number of carbonyl (C=O) groups excluding carboxylic acids is 2. The molecule has 0 aliphatic rings. The van der Waals surface area contributed by atoms with E-state index in [0.29, 0.717) is 5.56 Å². The van der Waals surface area contributed by atoms with E-state index in [4.69, 9.17) is 0 Å². The number of carbonyl (C=O) groups is 3. The molecule has 34 heavy (non-hydrogen) atoms. The number of nitrogens with one attached hydrogen (secondary N) is 1. The molecule has 0 fully saturated rings. The van der Waals surface area contributed by atoms with Crippen molar-refractivity contribution in [1.29, 1.82) is 0 Å². The summed E-state index contributed by atoms with van der Waals surface area (Å²) >= 11 is 0. The Hall–Kier alpha value is -3.30. The van der Waals surface area contributed by atoms with E-state index in [2.05, 4.69) is 5.32 Å². The highest BCUT2D eigenvalue weighted by atomic mass is 19.2. The minimum atomic E-state index is -2.34. The molecule has 2 aromatic carbocycles. The van der Waals surface area contributed by atoms with Crippen molar-refractivity contribution in [3.8, 4) is 0 Å². The highest BCUT2D eigenvalue weighted by Gasteiger charge is 2.30. The van der Waals surface area contributed by atoms with E-state index < -0.39 is 77.1 Å². The second kappa shape index (κ2) is 11.7. The van der Waals surface area contributed by atoms with Crippen LogP contribution in [0.3, 0.4) is 0 Å². The van der Waals surface area contributed by atoms with Crippen molar-refractivity contribution in [2.45, 2.75) is 45.6 Å². The summed E-state index contributed by atoms with van der Waals surface area (Å²) in [6, 6.07) is 7.40. The average molecular weight is 485 g/mol. The molecule has 2 atom stereocenters. The Kier molecular flexibility index (Phi) is 9.28. The van der Waals surface area contributed by atoms with Crippen LogP contribution in [0, 0.1) is 40.9 Å². The first-order valence-corrected chi connectivity index (χ1v) is 10.5. The maximum Gasteiger partial charge on any atom is 0.307 e. The van der Waals surface area contributed by atoms with Crippen LogP contribution in [0.1, 0.15) is 37.8 Å². The molecule has 0 heterocycles. The molecule has 0 radical (unpaired) electrons. The first-order chi connectivity index (χ1) is 15.9. The van der Waals surface area contributed by atoms with Gasteiger partial charge in [-0.2, -0.15) is 0 Å². The van der Waals surface area contributed by atoms with Gasteiger partial charge in [-0.3, -0.25) is 14.4 Å². The lowest BCUT2D eigenvalue weighted by Gasteiger charge is -2.22. The summed E-state index contributed by atoms with van der Waals surface area (Å²) in [7, 11) is 0. The van der Waals surface area contributed by atoms with Crippen LogP contribution < -0.4 is 5.32 Å². The monoisotopic (exact) mass is 485 g/mol. The molecule has 0 bridgehead atoms. The van der Waals surface area contributed by atoms with Crippen LogP contribution in [-0.2, 0) is 27.2 Å². The summed E-state index contributed by atoms with van der Waals surface area (Å²) in [5.74, 6) is -15.2. The summed E-state index contributed by atoms with van der Waals surface area (Å²) in [5, 5.41) is 11.8. The molecular weight excluding hydrogens is 461 g/mol. The quantitative estimate of drug-likeness (QED) is 0.282. The zero-order valence-electron chi connectivity index (χ0n) is 18.5. The van der Waals surface area contributed by atoms with Gasteiger partial charge in [-0.15, -0.1) is 0 Å². The smallest absolute Gasteiger partial charge is 0.307 e. The number of carboxylic acid groups (broad SMARTS) is 1. The van der Waals surface area contributed by atoms with Crippen molar-refractivity contribution < 1.29 is 41.4 Å². The minimum Gasteiger partial charge on any atom is -0.481 e. The summed E-state index contributed by atoms with van der Waals surface area (Å²) in [6.45, 7) is 3.46. The van der Waals surface area contributed by atoms with Crippen molar-refractivity contribution in [3.05, 3.63) is 70.5 Å². The number of hydrogen-bond donors (Lipinski definition) is 2. The van der Waals surface area contributed by atoms with Gasteiger partial charge in [0.25, 0.3) is 0 Å². The fraction of sp³-hybridized carbons (Fsp3) is 0.375. The molecule has 2 rings (SSSR count). The standard InChI is InChI=1S/C24H24F5NO4/c1-12(2)8-16(17(31)10-14(24(33)34)9-13-6-4-3-5-7-13)30-18(32)11-15-19(25)21(27)23(29)22(28)20(15)26/h3-7,12,14,16H,8-11H2,1-2H3,(H,30,32)(H,33,34)/t14-,16+/m1/s1. The van der Waals surface area contributed by atoms with Crippen LogP contribution in [-0.4, -0.2) is 28.8 Å². The highest BCUT2D eigenvalue weighted by molar-refractivity contribution is 5.91. The fourth-order valence-corrected chi connectivity index (χ4v) is 3.48. The molecule has 0 spiro atoms. The van der Waals surface area contributed by atoms with Crippen LogP contribution >= 0.6 is 0 Å². The van der Waals surface area contributed by atoms with Gasteiger partial charge in [0.2, 0.25) is 11.7 Å². The number of hydrogen-bond acceptors (Lipinski definition) is 3. The molecule has 2 aromatic rings. The van der Waals surface area contributed by atoms with Gasteiger partial charge in [-0.05, 0) is 24.3 Å². The third-order valence-corrected chi connectivity index (χ3v) is 5.19. The summed E-state index contributed by atoms with van der Waals surface area (Å²) < 4.78 is 67.8. The zero-order chi connectivity index (χ0) is 25.6. The van der Waals surface area contributed by atoms with Crippen molar-refractivity contribution >= 4 is 17.7 Å². The molecule has 1 amide bonds. The summed E-state index contributed by atoms with van der Waals surface area (Å²) in [5.41, 5.74) is -0.629. The van der Waals surface area contributed by atoms with Crippen molar-refractivity contribution in [2.24, 2.45) is 11.8 Å². The highest BCUT2D eigenvalue weighted by Crippen LogP contribution is 2.24. The Morgan fingerprint density at radius 2 is 1.41 bits per heavy atom. The van der Waals surface area contributed by atoms with E-state index in [0.717, 1.165) is 0 Å². The average Bonchev–Trinajstić information content (AvgIpc) is 2.78. The Bertz CT molecular complexity index is 1030. The van der Waals surface area contributed by atoms with Gasteiger partial charge < -0.3 is 10.4 Å². The summed E-state index contributed by atoms with van der Waals surface area (Å²) in [4.78, 5) is 36.9. The molecular formula is C24H24F5NO4. The predicted octanol–water partition coefficient (Wildman–Crippen LogP) is 4.36. The van der Waals surface area contributed by atoms with Crippen LogP contribution in [0.25, 0.3) is 0 Å². The van der Waals surface area contributed by atoms with Crippen molar-refractivity contribution in [1.82, 2.24) is 5.32 Å². The largest absolute Gasteiger partial charge is 0.481 e. The Morgan fingerprint density at radius 3 is 1.91 bits per heavy atom. The van der Waals surface area contributed by atoms with Gasteiger partial charge in [0, 0.05) is 12.0 Å². The van der Waals surface area contributed by atoms with Crippen LogP contribution in [0.15, 0.2) is 30.3 Å². The van der Waals surface area contributed by atoms with Gasteiger partial charge in [0.05, 0.1) is 18.4 Å². The third kappa shape index (κ3) is 6.85. The van der Waals surface area contributed by atoms with Gasteiger partial charge in [0.1, 0.15) is 0 Å². The zero-order valence-corrected chi connectivity index (χ0v) is 18.5. The topological polar surface area (TPSA) is 83.5 Å². The first kappa shape index (κ1) is 26.9.